The van der Waals surface area contributed by atoms with Crippen molar-refractivity contribution < 1.29 is 9.59 Å². The van der Waals surface area contributed by atoms with Gasteiger partial charge in [0, 0.05) is 29.1 Å². The van der Waals surface area contributed by atoms with Crippen LogP contribution in [0.1, 0.15) is 63.0 Å². The molecule has 32 heavy (non-hydrogen) atoms. The van der Waals surface area contributed by atoms with Gasteiger partial charge < -0.3 is 10.2 Å². The van der Waals surface area contributed by atoms with Gasteiger partial charge in [-0.1, -0.05) is 79.7 Å². The number of hydrogen-bond donors (Lipinski definition) is 1. The van der Waals surface area contributed by atoms with Crippen LogP contribution in [0, 0.1) is 0 Å². The molecule has 172 valence electrons. The molecule has 1 N–H and O–H groups in total. The lowest BCUT2D eigenvalue weighted by molar-refractivity contribution is -0.141. The predicted molar refractivity (Wildman–Crippen MR) is 131 cm³/mol. The third-order valence-electron chi connectivity index (χ3n) is 6.17. The molecule has 1 fully saturated rings. The Morgan fingerprint density at radius 1 is 1.03 bits per heavy atom. The van der Waals surface area contributed by atoms with Crippen LogP contribution in [0.5, 0.6) is 0 Å². The Balaban J connectivity index is 1.75. The van der Waals surface area contributed by atoms with E-state index in [4.69, 9.17) is 23.2 Å². The average molecular weight is 475 g/mol. The molecule has 3 rings (SSSR count). The predicted octanol–water partition coefficient (Wildman–Crippen LogP) is 6.18. The fourth-order valence-corrected chi connectivity index (χ4v) is 4.69. The molecule has 0 aliphatic heterocycles. The summed E-state index contributed by atoms with van der Waals surface area (Å²) in [5.74, 6) is -0.107. The summed E-state index contributed by atoms with van der Waals surface area (Å²) in [5, 5.41) is 4.51. The van der Waals surface area contributed by atoms with Gasteiger partial charge in [-0.05, 0) is 55.0 Å². The number of aryl methyl sites for hydroxylation is 1. The van der Waals surface area contributed by atoms with Gasteiger partial charge >= 0.3 is 0 Å². The Kier molecular flexibility index (Phi) is 9.43. The van der Waals surface area contributed by atoms with Crippen molar-refractivity contribution in [1.29, 1.82) is 0 Å². The van der Waals surface area contributed by atoms with E-state index in [-0.39, 0.29) is 17.9 Å². The lowest BCUT2D eigenvalue weighted by atomic mass is 9.95. The van der Waals surface area contributed by atoms with E-state index in [0.29, 0.717) is 35.9 Å². The second-order valence-corrected chi connectivity index (χ2v) is 9.35. The van der Waals surface area contributed by atoms with E-state index < -0.39 is 6.04 Å². The second kappa shape index (κ2) is 12.3. The quantitative estimate of drug-likeness (QED) is 0.471. The average Bonchev–Trinajstić information content (AvgIpc) is 2.80. The summed E-state index contributed by atoms with van der Waals surface area (Å²) in [4.78, 5) is 28.3. The molecular formula is C26H32Cl2N2O2. The molecule has 0 bridgehead atoms. The second-order valence-electron chi connectivity index (χ2n) is 8.51. The Bertz CT molecular complexity index is 895. The van der Waals surface area contributed by atoms with Gasteiger partial charge in [-0.25, -0.2) is 0 Å². The SMILES string of the molecule is CCC(C(=O)NC1CCCCC1)N(Cc1ccc(Cl)cc1)C(=O)CCc1ccccc1Cl. The van der Waals surface area contributed by atoms with Crippen LogP contribution in [-0.4, -0.2) is 28.8 Å². The Morgan fingerprint density at radius 3 is 2.38 bits per heavy atom. The molecule has 2 aromatic carbocycles. The summed E-state index contributed by atoms with van der Waals surface area (Å²) >= 11 is 12.3. The van der Waals surface area contributed by atoms with Gasteiger partial charge in [0.25, 0.3) is 0 Å². The third kappa shape index (κ3) is 6.98. The highest BCUT2D eigenvalue weighted by atomic mass is 35.5. The molecule has 0 aromatic heterocycles. The molecule has 4 nitrogen and oxygen atoms in total. The van der Waals surface area contributed by atoms with E-state index in [2.05, 4.69) is 5.32 Å². The van der Waals surface area contributed by atoms with Crippen LogP contribution in [0.25, 0.3) is 0 Å². The fourth-order valence-electron chi connectivity index (χ4n) is 4.34. The van der Waals surface area contributed by atoms with Crippen molar-refractivity contribution in [2.24, 2.45) is 0 Å². The normalized spacial score (nSPS) is 15.2. The number of amides is 2. The summed E-state index contributed by atoms with van der Waals surface area (Å²) in [7, 11) is 0. The molecule has 6 heteroatoms. The van der Waals surface area contributed by atoms with Crippen LogP contribution >= 0.6 is 23.2 Å². The molecular weight excluding hydrogens is 443 g/mol. The number of hydrogen-bond acceptors (Lipinski definition) is 2. The highest BCUT2D eigenvalue weighted by Gasteiger charge is 2.30. The van der Waals surface area contributed by atoms with E-state index in [0.717, 1.165) is 36.8 Å². The zero-order valence-electron chi connectivity index (χ0n) is 18.7. The van der Waals surface area contributed by atoms with E-state index in [1.807, 2.05) is 55.5 Å². The monoisotopic (exact) mass is 474 g/mol. The van der Waals surface area contributed by atoms with Crippen molar-refractivity contribution in [2.45, 2.75) is 76.9 Å². The van der Waals surface area contributed by atoms with Gasteiger partial charge in [0.2, 0.25) is 11.8 Å². The zero-order chi connectivity index (χ0) is 22.9. The molecule has 1 saturated carbocycles. The highest BCUT2D eigenvalue weighted by molar-refractivity contribution is 6.31. The van der Waals surface area contributed by atoms with Crippen LogP contribution < -0.4 is 5.32 Å². The fraction of sp³-hybridized carbons (Fsp3) is 0.462. The smallest absolute Gasteiger partial charge is 0.243 e. The maximum absolute atomic E-state index is 13.4. The summed E-state index contributed by atoms with van der Waals surface area (Å²) < 4.78 is 0. The number of nitrogens with one attached hydrogen (secondary N) is 1. The van der Waals surface area contributed by atoms with Gasteiger partial charge in [-0.15, -0.1) is 0 Å². The summed E-state index contributed by atoms with van der Waals surface area (Å²) in [6.45, 7) is 2.33. The van der Waals surface area contributed by atoms with Gasteiger partial charge in [-0.3, -0.25) is 9.59 Å². The minimum Gasteiger partial charge on any atom is -0.352 e. The summed E-state index contributed by atoms with van der Waals surface area (Å²) in [6, 6.07) is 14.7. The molecule has 1 aliphatic carbocycles. The minimum atomic E-state index is -0.508. The van der Waals surface area contributed by atoms with Crippen molar-refractivity contribution in [3.63, 3.8) is 0 Å². The standard InChI is InChI=1S/C26H32Cl2N2O2/c1-2-24(26(32)29-22-9-4-3-5-10-22)30(18-19-12-15-21(27)16-13-19)25(31)17-14-20-8-6-7-11-23(20)28/h6-8,11-13,15-16,22,24H,2-5,9-10,14,17-18H2,1H3,(H,29,32). The lowest BCUT2D eigenvalue weighted by Gasteiger charge is -2.33. The molecule has 2 aromatic rings. The third-order valence-corrected chi connectivity index (χ3v) is 6.79. The van der Waals surface area contributed by atoms with Crippen LogP contribution in [0.4, 0.5) is 0 Å². The van der Waals surface area contributed by atoms with E-state index >= 15 is 0 Å². The molecule has 1 aliphatic rings. The minimum absolute atomic E-state index is 0.0505. The van der Waals surface area contributed by atoms with E-state index in [1.165, 1.54) is 6.42 Å². The van der Waals surface area contributed by atoms with Crippen molar-refractivity contribution in [1.82, 2.24) is 10.2 Å². The maximum atomic E-state index is 13.4. The molecule has 0 heterocycles. The molecule has 2 amide bonds. The molecule has 0 radical (unpaired) electrons. The van der Waals surface area contributed by atoms with E-state index in [9.17, 15) is 9.59 Å². The van der Waals surface area contributed by atoms with Crippen molar-refractivity contribution in [2.75, 3.05) is 0 Å². The number of halogens is 2. The van der Waals surface area contributed by atoms with E-state index in [1.54, 1.807) is 4.90 Å². The number of carbonyl (C=O) groups excluding carboxylic acids is 2. The van der Waals surface area contributed by atoms with Crippen LogP contribution in [0.3, 0.4) is 0 Å². The molecule has 1 unspecified atom stereocenters. The van der Waals surface area contributed by atoms with Gasteiger partial charge in [0.1, 0.15) is 6.04 Å². The first kappa shape index (κ1) is 24.6. The largest absolute Gasteiger partial charge is 0.352 e. The van der Waals surface area contributed by atoms with Crippen molar-refractivity contribution in [3.05, 3.63) is 69.7 Å². The molecule has 0 spiro atoms. The Morgan fingerprint density at radius 2 is 1.72 bits per heavy atom. The highest BCUT2D eigenvalue weighted by Crippen LogP contribution is 2.21. The van der Waals surface area contributed by atoms with Gasteiger partial charge in [0.05, 0.1) is 0 Å². The van der Waals surface area contributed by atoms with Gasteiger partial charge in [0.15, 0.2) is 0 Å². The molecule has 1 atom stereocenters. The zero-order valence-corrected chi connectivity index (χ0v) is 20.2. The maximum Gasteiger partial charge on any atom is 0.243 e. The van der Waals surface area contributed by atoms with Crippen LogP contribution in [-0.2, 0) is 22.6 Å². The number of rotatable bonds is 9. The van der Waals surface area contributed by atoms with Crippen LogP contribution in [0.15, 0.2) is 48.5 Å². The lowest BCUT2D eigenvalue weighted by Crippen LogP contribution is -2.51. The van der Waals surface area contributed by atoms with Crippen molar-refractivity contribution in [3.8, 4) is 0 Å². The Labute approximate surface area is 201 Å². The number of nitrogens with zero attached hydrogens (tertiary/aromatic N) is 1. The first-order chi connectivity index (χ1) is 15.5. The van der Waals surface area contributed by atoms with Gasteiger partial charge in [-0.2, -0.15) is 0 Å². The Hall–Kier alpha value is -2.04. The topological polar surface area (TPSA) is 49.4 Å². The van der Waals surface area contributed by atoms with Crippen LogP contribution in [0.2, 0.25) is 10.0 Å². The number of carbonyl (C=O) groups is 2. The first-order valence-corrected chi connectivity index (χ1v) is 12.3. The first-order valence-electron chi connectivity index (χ1n) is 11.6. The summed E-state index contributed by atoms with van der Waals surface area (Å²) in [5.41, 5.74) is 1.89. The summed E-state index contributed by atoms with van der Waals surface area (Å²) in [6.07, 6.45) is 6.94. The molecule has 0 saturated heterocycles. The number of benzene rings is 2. The van der Waals surface area contributed by atoms with Crippen molar-refractivity contribution >= 4 is 35.0 Å².